The van der Waals surface area contributed by atoms with Crippen molar-refractivity contribution in [2.45, 2.75) is 39.8 Å². The maximum atomic E-state index is 12.6. The molecule has 1 N–H and O–H groups in total. The summed E-state index contributed by atoms with van der Waals surface area (Å²) in [6, 6.07) is 15.0. The standard InChI is InChI=1S/C21H28N2O4S/c1-15(2)16(3)22-21(24)17(4)23(28(5,25)26)18-11-13-20(14-12-18)27-19-9-7-6-8-10-19/h6-17H,1-5H3,(H,22,24)/t16-,17-/m1/s1. The largest absolute Gasteiger partial charge is 0.457 e. The van der Waals surface area contributed by atoms with Crippen LogP contribution < -0.4 is 14.4 Å². The number of carbonyl (C=O) groups excluding carboxylic acids is 1. The van der Waals surface area contributed by atoms with E-state index in [4.69, 9.17) is 4.74 Å². The van der Waals surface area contributed by atoms with Crippen LogP contribution in [0.1, 0.15) is 27.7 Å². The van der Waals surface area contributed by atoms with Crippen molar-refractivity contribution < 1.29 is 17.9 Å². The maximum absolute atomic E-state index is 12.6. The van der Waals surface area contributed by atoms with Crippen molar-refractivity contribution in [3.8, 4) is 11.5 Å². The van der Waals surface area contributed by atoms with Gasteiger partial charge in [0.15, 0.2) is 0 Å². The van der Waals surface area contributed by atoms with Gasteiger partial charge in [-0.25, -0.2) is 8.42 Å². The van der Waals surface area contributed by atoms with Gasteiger partial charge in [-0.2, -0.15) is 0 Å². The number of rotatable bonds is 8. The molecule has 0 radical (unpaired) electrons. The van der Waals surface area contributed by atoms with Gasteiger partial charge in [0.25, 0.3) is 0 Å². The van der Waals surface area contributed by atoms with Crippen molar-refractivity contribution in [3.05, 3.63) is 54.6 Å². The van der Waals surface area contributed by atoms with E-state index in [1.54, 1.807) is 31.2 Å². The Hall–Kier alpha value is -2.54. The second-order valence-corrected chi connectivity index (χ2v) is 9.04. The first-order valence-electron chi connectivity index (χ1n) is 9.22. The first-order chi connectivity index (χ1) is 13.1. The Morgan fingerprint density at radius 1 is 0.929 bits per heavy atom. The van der Waals surface area contributed by atoms with Crippen molar-refractivity contribution in [2.75, 3.05) is 10.6 Å². The molecule has 0 bridgehead atoms. The SMILES string of the molecule is CC(C)[C@@H](C)NC(=O)[C@@H](C)N(c1ccc(Oc2ccccc2)cc1)S(C)(=O)=O. The van der Waals surface area contributed by atoms with E-state index in [9.17, 15) is 13.2 Å². The number of nitrogens with zero attached hydrogens (tertiary/aromatic N) is 1. The molecule has 2 aromatic rings. The second-order valence-electron chi connectivity index (χ2n) is 7.19. The van der Waals surface area contributed by atoms with Gasteiger partial charge in [-0.15, -0.1) is 0 Å². The molecule has 28 heavy (non-hydrogen) atoms. The molecule has 0 unspecified atom stereocenters. The van der Waals surface area contributed by atoms with Crippen molar-refractivity contribution in [1.82, 2.24) is 5.32 Å². The molecule has 0 saturated heterocycles. The third-order valence-electron chi connectivity index (χ3n) is 4.53. The minimum Gasteiger partial charge on any atom is -0.457 e. The topological polar surface area (TPSA) is 75.7 Å². The zero-order valence-corrected chi connectivity index (χ0v) is 17.7. The number of hydrogen-bond donors (Lipinski definition) is 1. The van der Waals surface area contributed by atoms with E-state index in [0.717, 1.165) is 10.6 Å². The number of amides is 1. The summed E-state index contributed by atoms with van der Waals surface area (Å²) in [6.45, 7) is 7.47. The summed E-state index contributed by atoms with van der Waals surface area (Å²) in [4.78, 5) is 12.6. The quantitative estimate of drug-likeness (QED) is 0.726. The monoisotopic (exact) mass is 404 g/mol. The van der Waals surface area contributed by atoms with Gasteiger partial charge in [0.05, 0.1) is 11.9 Å². The van der Waals surface area contributed by atoms with Crippen LogP contribution in [0.15, 0.2) is 54.6 Å². The highest BCUT2D eigenvalue weighted by Crippen LogP contribution is 2.27. The van der Waals surface area contributed by atoms with E-state index in [-0.39, 0.29) is 17.9 Å². The van der Waals surface area contributed by atoms with Crippen molar-refractivity contribution >= 4 is 21.6 Å². The van der Waals surface area contributed by atoms with E-state index in [1.165, 1.54) is 0 Å². The zero-order chi connectivity index (χ0) is 20.9. The molecule has 2 aromatic carbocycles. The van der Waals surface area contributed by atoms with Crippen LogP contribution in [0.2, 0.25) is 0 Å². The number of benzene rings is 2. The molecule has 0 saturated carbocycles. The third-order valence-corrected chi connectivity index (χ3v) is 5.77. The lowest BCUT2D eigenvalue weighted by atomic mass is 10.1. The lowest BCUT2D eigenvalue weighted by Gasteiger charge is -2.30. The van der Waals surface area contributed by atoms with E-state index in [0.29, 0.717) is 17.2 Å². The average molecular weight is 405 g/mol. The highest BCUT2D eigenvalue weighted by molar-refractivity contribution is 7.92. The molecule has 0 aliphatic carbocycles. The minimum atomic E-state index is -3.66. The predicted octanol–water partition coefficient (Wildman–Crippen LogP) is 3.79. The number of sulfonamides is 1. The van der Waals surface area contributed by atoms with E-state index in [1.807, 2.05) is 51.1 Å². The molecule has 152 valence electrons. The Morgan fingerprint density at radius 3 is 1.96 bits per heavy atom. The molecule has 0 aliphatic rings. The minimum absolute atomic E-state index is 0.0574. The molecule has 0 aliphatic heterocycles. The normalized spacial score (nSPS) is 13.6. The molecule has 1 amide bonds. The smallest absolute Gasteiger partial charge is 0.243 e. The van der Waals surface area contributed by atoms with Crippen LogP contribution in [0.4, 0.5) is 5.69 Å². The van der Waals surface area contributed by atoms with Crippen molar-refractivity contribution in [3.63, 3.8) is 0 Å². The lowest BCUT2D eigenvalue weighted by molar-refractivity contribution is -0.122. The summed E-state index contributed by atoms with van der Waals surface area (Å²) in [5, 5.41) is 2.88. The number of carbonyl (C=O) groups is 1. The first kappa shape index (κ1) is 21.8. The van der Waals surface area contributed by atoms with E-state index >= 15 is 0 Å². The van der Waals surface area contributed by atoms with Gasteiger partial charge in [-0.3, -0.25) is 9.10 Å². The fraction of sp³-hybridized carbons (Fsp3) is 0.381. The van der Waals surface area contributed by atoms with Crippen molar-refractivity contribution in [1.29, 1.82) is 0 Å². The van der Waals surface area contributed by atoms with Gasteiger partial charge < -0.3 is 10.1 Å². The number of anilines is 1. The fourth-order valence-corrected chi connectivity index (χ4v) is 3.78. The van der Waals surface area contributed by atoms with Gasteiger partial charge in [-0.1, -0.05) is 32.0 Å². The van der Waals surface area contributed by atoms with Gasteiger partial charge in [0.1, 0.15) is 17.5 Å². The molecular weight excluding hydrogens is 376 g/mol. The maximum Gasteiger partial charge on any atom is 0.243 e. The van der Waals surface area contributed by atoms with Crippen LogP contribution in [0.25, 0.3) is 0 Å². The Morgan fingerprint density at radius 2 is 1.46 bits per heavy atom. The number of ether oxygens (including phenoxy) is 1. The van der Waals surface area contributed by atoms with Crippen LogP contribution in [0, 0.1) is 5.92 Å². The Kier molecular flexibility index (Phi) is 7.07. The molecule has 0 fully saturated rings. The summed E-state index contributed by atoms with van der Waals surface area (Å²) in [5.41, 5.74) is 0.405. The highest BCUT2D eigenvalue weighted by Gasteiger charge is 2.30. The van der Waals surface area contributed by atoms with E-state index in [2.05, 4.69) is 5.32 Å². The molecule has 0 spiro atoms. The second kappa shape index (κ2) is 9.10. The lowest BCUT2D eigenvalue weighted by Crippen LogP contribution is -2.50. The number of nitrogens with one attached hydrogen (secondary N) is 1. The number of para-hydroxylation sites is 1. The summed E-state index contributed by atoms with van der Waals surface area (Å²) in [6.07, 6.45) is 1.09. The summed E-state index contributed by atoms with van der Waals surface area (Å²) >= 11 is 0. The molecule has 7 heteroatoms. The number of hydrogen-bond acceptors (Lipinski definition) is 4. The van der Waals surface area contributed by atoms with Gasteiger partial charge in [0, 0.05) is 6.04 Å². The van der Waals surface area contributed by atoms with Crippen molar-refractivity contribution in [2.24, 2.45) is 5.92 Å². The molecule has 0 aromatic heterocycles. The summed E-state index contributed by atoms with van der Waals surface area (Å²) in [7, 11) is -3.66. The molecule has 2 atom stereocenters. The Balaban J connectivity index is 2.22. The fourth-order valence-electron chi connectivity index (χ4n) is 2.61. The van der Waals surface area contributed by atoms with Crippen LogP contribution in [-0.4, -0.2) is 32.7 Å². The highest BCUT2D eigenvalue weighted by atomic mass is 32.2. The molecule has 0 heterocycles. The molecule has 2 rings (SSSR count). The first-order valence-corrected chi connectivity index (χ1v) is 11.1. The molecule has 6 nitrogen and oxygen atoms in total. The Bertz CT molecular complexity index is 880. The van der Waals surface area contributed by atoms with Gasteiger partial charge >= 0.3 is 0 Å². The van der Waals surface area contributed by atoms with Crippen LogP contribution >= 0.6 is 0 Å². The van der Waals surface area contributed by atoms with Gasteiger partial charge in [-0.05, 0) is 56.2 Å². The van der Waals surface area contributed by atoms with E-state index < -0.39 is 16.1 Å². The summed E-state index contributed by atoms with van der Waals surface area (Å²) < 4.78 is 31.6. The Labute approximate surface area is 167 Å². The zero-order valence-electron chi connectivity index (χ0n) is 16.9. The van der Waals surface area contributed by atoms with Crippen LogP contribution in [0.3, 0.4) is 0 Å². The predicted molar refractivity (Wildman–Crippen MR) is 112 cm³/mol. The average Bonchev–Trinajstić information content (AvgIpc) is 2.62. The van der Waals surface area contributed by atoms with Crippen LogP contribution in [0.5, 0.6) is 11.5 Å². The third kappa shape index (κ3) is 5.73. The van der Waals surface area contributed by atoms with Gasteiger partial charge in [0.2, 0.25) is 15.9 Å². The van der Waals surface area contributed by atoms with Crippen LogP contribution in [-0.2, 0) is 14.8 Å². The summed E-state index contributed by atoms with van der Waals surface area (Å²) in [5.74, 6) is 1.17. The molecular formula is C21H28N2O4S.